The first-order valence-electron chi connectivity index (χ1n) is 15.7. The van der Waals surface area contributed by atoms with Crippen molar-refractivity contribution in [1.29, 1.82) is 0 Å². The Labute approximate surface area is 276 Å². The minimum absolute atomic E-state index is 0.696. The van der Waals surface area contributed by atoms with Gasteiger partial charge in [-0.05, 0) is 29.3 Å². The van der Waals surface area contributed by atoms with E-state index >= 15 is 0 Å². The van der Waals surface area contributed by atoms with Gasteiger partial charge in [0.2, 0.25) is 0 Å². The van der Waals surface area contributed by atoms with Crippen molar-refractivity contribution < 1.29 is 0 Å². The van der Waals surface area contributed by atoms with E-state index < -0.39 is 0 Å². The van der Waals surface area contributed by atoms with Crippen LogP contribution in [0.15, 0.2) is 164 Å². The normalized spacial score (nSPS) is 11.4. The smallest absolute Gasteiger partial charge is 0.160 e. The molecule has 0 unspecified atom stereocenters. The Morgan fingerprint density at radius 1 is 0.383 bits per heavy atom. The van der Waals surface area contributed by atoms with Gasteiger partial charge in [-0.25, -0.2) is 15.0 Å². The number of benzene rings is 6. The number of hydrogen-bond acceptors (Lipinski definition) is 4. The van der Waals surface area contributed by atoms with E-state index in [1.807, 2.05) is 47.7 Å². The van der Waals surface area contributed by atoms with Crippen molar-refractivity contribution in [3.8, 4) is 56.3 Å². The summed E-state index contributed by atoms with van der Waals surface area (Å²) in [6, 6.07) is 57.1. The average molecular weight is 618 g/mol. The van der Waals surface area contributed by atoms with Crippen molar-refractivity contribution in [2.24, 2.45) is 0 Å². The molecule has 0 aliphatic rings. The van der Waals surface area contributed by atoms with E-state index in [1.165, 1.54) is 31.1 Å². The van der Waals surface area contributed by atoms with E-state index in [-0.39, 0.29) is 0 Å². The lowest BCUT2D eigenvalue weighted by Gasteiger charge is -2.11. The minimum Gasteiger partial charge on any atom is -0.247 e. The maximum absolute atomic E-state index is 5.37. The van der Waals surface area contributed by atoms with Crippen LogP contribution in [0.5, 0.6) is 0 Å². The summed E-state index contributed by atoms with van der Waals surface area (Å²) >= 11 is 1.84. The standard InChI is InChI=1S/C43H27N3S/c1-4-12-28(13-5-1)33-24-25-34-38(26-33)44-41(40-35-18-10-11-19-39(35)47-42(34)40)31-20-22-32(23-21-31)43-45-36(29-14-6-2-7-15-29)27-37(46-43)30-16-8-3-9-17-30/h1-27H. The maximum atomic E-state index is 5.37. The fourth-order valence-corrected chi connectivity index (χ4v) is 7.59. The molecular weight excluding hydrogens is 591 g/mol. The predicted octanol–water partition coefficient (Wildman–Crippen LogP) is 11.7. The number of nitrogens with zero attached hydrogens (tertiary/aromatic N) is 3. The summed E-state index contributed by atoms with van der Waals surface area (Å²) < 4.78 is 2.53. The topological polar surface area (TPSA) is 38.7 Å². The highest BCUT2D eigenvalue weighted by Crippen LogP contribution is 2.43. The van der Waals surface area contributed by atoms with E-state index in [0.29, 0.717) is 5.82 Å². The van der Waals surface area contributed by atoms with Crippen LogP contribution < -0.4 is 0 Å². The van der Waals surface area contributed by atoms with Crippen LogP contribution in [0.2, 0.25) is 0 Å². The van der Waals surface area contributed by atoms with Gasteiger partial charge in [-0.3, -0.25) is 0 Å². The van der Waals surface area contributed by atoms with Crippen LogP contribution in [0.25, 0.3) is 87.4 Å². The molecule has 9 rings (SSSR count). The summed E-state index contributed by atoms with van der Waals surface area (Å²) in [4.78, 5) is 15.4. The van der Waals surface area contributed by atoms with Gasteiger partial charge in [-0.1, -0.05) is 146 Å². The Balaban J connectivity index is 1.21. The zero-order chi connectivity index (χ0) is 31.2. The van der Waals surface area contributed by atoms with Crippen LogP contribution in [-0.2, 0) is 0 Å². The van der Waals surface area contributed by atoms with Gasteiger partial charge in [0, 0.05) is 47.8 Å². The van der Waals surface area contributed by atoms with E-state index in [2.05, 4.69) is 127 Å². The highest BCUT2D eigenvalue weighted by atomic mass is 32.1. The minimum atomic E-state index is 0.696. The molecule has 0 fully saturated rings. The van der Waals surface area contributed by atoms with Crippen LogP contribution >= 0.6 is 11.3 Å². The Morgan fingerprint density at radius 3 is 1.60 bits per heavy atom. The Bertz CT molecular complexity index is 2480. The number of fused-ring (bicyclic) bond motifs is 5. The summed E-state index contributed by atoms with van der Waals surface area (Å²) in [7, 11) is 0. The van der Waals surface area contributed by atoms with Gasteiger partial charge in [-0.2, -0.15) is 0 Å². The summed E-state index contributed by atoms with van der Waals surface area (Å²) in [6.07, 6.45) is 0. The molecule has 9 aromatic rings. The molecule has 3 nitrogen and oxygen atoms in total. The molecule has 47 heavy (non-hydrogen) atoms. The van der Waals surface area contributed by atoms with E-state index in [0.717, 1.165) is 50.4 Å². The quantitative estimate of drug-likeness (QED) is 0.193. The highest BCUT2D eigenvalue weighted by molar-refractivity contribution is 7.26. The Morgan fingerprint density at radius 2 is 0.936 bits per heavy atom. The van der Waals surface area contributed by atoms with Gasteiger partial charge in [0.05, 0.1) is 22.6 Å². The molecule has 4 heteroatoms. The van der Waals surface area contributed by atoms with Gasteiger partial charge >= 0.3 is 0 Å². The molecule has 3 heterocycles. The largest absolute Gasteiger partial charge is 0.247 e. The highest BCUT2D eigenvalue weighted by Gasteiger charge is 2.17. The number of rotatable bonds is 5. The second kappa shape index (κ2) is 11.4. The van der Waals surface area contributed by atoms with Crippen LogP contribution in [0.1, 0.15) is 0 Å². The molecule has 0 atom stereocenters. The second-order valence-electron chi connectivity index (χ2n) is 11.6. The first kappa shape index (κ1) is 27.3. The third kappa shape index (κ3) is 4.96. The van der Waals surface area contributed by atoms with Gasteiger partial charge in [-0.15, -0.1) is 11.3 Å². The SMILES string of the molecule is c1ccc(-c2ccc3c(c2)nc(-c2ccc(-c4nc(-c5ccccc5)cc(-c5ccccc5)n4)cc2)c2c4ccccc4sc32)cc1. The molecule has 0 aliphatic heterocycles. The Hall–Kier alpha value is -5.97. The van der Waals surface area contributed by atoms with Crippen LogP contribution in [-0.4, -0.2) is 15.0 Å². The van der Waals surface area contributed by atoms with Crippen molar-refractivity contribution in [1.82, 2.24) is 15.0 Å². The van der Waals surface area contributed by atoms with Crippen molar-refractivity contribution in [2.45, 2.75) is 0 Å². The van der Waals surface area contributed by atoms with Gasteiger partial charge in [0.1, 0.15) is 0 Å². The third-order valence-electron chi connectivity index (χ3n) is 8.70. The van der Waals surface area contributed by atoms with Gasteiger partial charge in [0.25, 0.3) is 0 Å². The molecule has 220 valence electrons. The van der Waals surface area contributed by atoms with E-state index in [1.54, 1.807) is 0 Å². The van der Waals surface area contributed by atoms with Gasteiger partial charge < -0.3 is 0 Å². The van der Waals surface area contributed by atoms with Gasteiger partial charge in [0.15, 0.2) is 5.82 Å². The second-order valence-corrected chi connectivity index (χ2v) is 12.7. The molecule has 0 N–H and O–H groups in total. The molecule has 3 aromatic heterocycles. The molecule has 0 bridgehead atoms. The molecule has 0 saturated heterocycles. The molecule has 0 aliphatic carbocycles. The average Bonchev–Trinajstić information content (AvgIpc) is 3.55. The summed E-state index contributed by atoms with van der Waals surface area (Å²) in [5, 5.41) is 3.62. The lowest BCUT2D eigenvalue weighted by atomic mass is 9.99. The van der Waals surface area contributed by atoms with Crippen molar-refractivity contribution in [3.63, 3.8) is 0 Å². The zero-order valence-electron chi connectivity index (χ0n) is 25.3. The van der Waals surface area contributed by atoms with Crippen molar-refractivity contribution >= 4 is 42.4 Å². The summed E-state index contributed by atoms with van der Waals surface area (Å²) in [5.41, 5.74) is 10.3. The maximum Gasteiger partial charge on any atom is 0.160 e. The third-order valence-corrected chi connectivity index (χ3v) is 9.90. The number of aromatic nitrogens is 3. The number of hydrogen-bond donors (Lipinski definition) is 0. The van der Waals surface area contributed by atoms with Crippen LogP contribution in [0, 0.1) is 0 Å². The first-order chi connectivity index (χ1) is 23.3. The summed E-state index contributed by atoms with van der Waals surface area (Å²) in [5.74, 6) is 0.696. The molecular formula is C43H27N3S. The molecule has 0 radical (unpaired) electrons. The summed E-state index contributed by atoms with van der Waals surface area (Å²) in [6.45, 7) is 0. The predicted molar refractivity (Wildman–Crippen MR) is 197 cm³/mol. The molecule has 0 spiro atoms. The van der Waals surface area contributed by atoms with E-state index in [9.17, 15) is 0 Å². The van der Waals surface area contributed by atoms with Crippen molar-refractivity contribution in [3.05, 3.63) is 164 Å². The van der Waals surface area contributed by atoms with Crippen LogP contribution in [0.4, 0.5) is 0 Å². The fourth-order valence-electron chi connectivity index (χ4n) is 6.35. The van der Waals surface area contributed by atoms with Crippen LogP contribution in [0.3, 0.4) is 0 Å². The monoisotopic (exact) mass is 617 g/mol. The number of pyridine rings is 1. The van der Waals surface area contributed by atoms with E-state index in [4.69, 9.17) is 15.0 Å². The molecule has 0 amide bonds. The first-order valence-corrected chi connectivity index (χ1v) is 16.5. The lowest BCUT2D eigenvalue weighted by Crippen LogP contribution is -1.96. The lowest BCUT2D eigenvalue weighted by molar-refractivity contribution is 1.18. The zero-order valence-corrected chi connectivity index (χ0v) is 26.2. The molecule has 0 saturated carbocycles. The fraction of sp³-hybridized carbons (Fsp3) is 0. The molecule has 6 aromatic carbocycles. The van der Waals surface area contributed by atoms with Crippen molar-refractivity contribution in [2.75, 3.05) is 0 Å². The Kier molecular flexibility index (Phi) is 6.65. The number of thiophene rings is 1.